The van der Waals surface area contributed by atoms with Gasteiger partial charge in [0.1, 0.15) is 0 Å². The molecule has 0 amide bonds. The topological polar surface area (TPSA) is 53.2 Å². The maximum Gasteiger partial charge on any atom is 0.0778 e. The van der Waals surface area contributed by atoms with Gasteiger partial charge >= 0.3 is 0 Å². The Balaban J connectivity index is 2.99. The van der Waals surface area contributed by atoms with Gasteiger partial charge in [-0.25, -0.2) is 0 Å². The van der Waals surface area contributed by atoms with Gasteiger partial charge in [0.2, 0.25) is 0 Å². The van der Waals surface area contributed by atoms with Crippen LogP contribution >= 0.6 is 0 Å². The lowest BCUT2D eigenvalue weighted by Gasteiger charge is -2.06. The van der Waals surface area contributed by atoms with E-state index in [1.165, 1.54) is 0 Å². The summed E-state index contributed by atoms with van der Waals surface area (Å²) in [6.45, 7) is 2.20. The van der Waals surface area contributed by atoms with Crippen LogP contribution in [0.2, 0.25) is 0 Å². The van der Waals surface area contributed by atoms with Crippen LogP contribution in [0.4, 0.5) is 0 Å². The van der Waals surface area contributed by atoms with Crippen LogP contribution in [-0.4, -0.2) is 24.4 Å². The smallest absolute Gasteiger partial charge is 0.0778 e. The lowest BCUT2D eigenvalue weighted by molar-refractivity contribution is 0.0280. The van der Waals surface area contributed by atoms with E-state index in [0.717, 1.165) is 0 Å². The van der Waals surface area contributed by atoms with Crippen LogP contribution in [-0.2, 0) is 4.74 Å². The van der Waals surface area contributed by atoms with Crippen molar-refractivity contribution in [2.45, 2.75) is 19.4 Å². The summed E-state index contributed by atoms with van der Waals surface area (Å²) < 4.78 is 4.96. The van der Waals surface area contributed by atoms with Gasteiger partial charge in [-0.2, -0.15) is 5.26 Å². The number of hydrogen-bond donors (Lipinski definition) is 1. The number of rotatable bonds is 4. The van der Waals surface area contributed by atoms with Gasteiger partial charge in [-0.1, -0.05) is 0 Å². The number of aliphatic hydroxyl groups is 1. The molecule has 1 unspecified atom stereocenters. The van der Waals surface area contributed by atoms with Crippen molar-refractivity contribution in [3.63, 3.8) is 0 Å². The van der Waals surface area contributed by atoms with Gasteiger partial charge < -0.3 is 9.84 Å². The Labute approximate surface area is 54.9 Å². The number of aliphatic hydroxyl groups excluding tert-OH is 1. The molecule has 3 nitrogen and oxygen atoms in total. The van der Waals surface area contributed by atoms with E-state index in [1.807, 2.05) is 6.07 Å². The first-order valence-electron chi connectivity index (χ1n) is 2.90. The van der Waals surface area contributed by atoms with E-state index in [1.54, 1.807) is 6.92 Å². The van der Waals surface area contributed by atoms with E-state index in [2.05, 4.69) is 0 Å². The highest BCUT2D eigenvalue weighted by molar-refractivity contribution is 4.67. The molecule has 0 aromatic heterocycles. The highest BCUT2D eigenvalue weighted by Crippen LogP contribution is 1.88. The molecule has 0 fully saturated rings. The molecule has 0 bridgehead atoms. The first kappa shape index (κ1) is 8.41. The van der Waals surface area contributed by atoms with E-state index in [9.17, 15) is 0 Å². The fourth-order valence-electron chi connectivity index (χ4n) is 0.358. The average Bonchev–Trinajstić information content (AvgIpc) is 1.89. The van der Waals surface area contributed by atoms with Crippen LogP contribution in [0, 0.1) is 11.3 Å². The molecule has 0 saturated heterocycles. The molecule has 0 aromatic carbocycles. The number of nitrogens with zero attached hydrogens (tertiary/aromatic N) is 1. The first-order chi connectivity index (χ1) is 4.31. The zero-order valence-corrected chi connectivity index (χ0v) is 5.50. The maximum atomic E-state index is 8.43. The third-order valence-corrected chi connectivity index (χ3v) is 0.873. The van der Waals surface area contributed by atoms with Crippen molar-refractivity contribution in [1.82, 2.24) is 0 Å². The van der Waals surface area contributed by atoms with Crippen LogP contribution < -0.4 is 0 Å². The van der Waals surface area contributed by atoms with Crippen molar-refractivity contribution in [2.24, 2.45) is 0 Å². The van der Waals surface area contributed by atoms with Crippen LogP contribution in [0.1, 0.15) is 13.3 Å². The molecule has 0 aliphatic carbocycles. The van der Waals surface area contributed by atoms with Crippen molar-refractivity contribution in [3.05, 3.63) is 0 Å². The van der Waals surface area contributed by atoms with Crippen molar-refractivity contribution >= 4 is 0 Å². The molecule has 0 aromatic rings. The Kier molecular flexibility index (Phi) is 5.18. The highest BCUT2D eigenvalue weighted by atomic mass is 16.5. The average molecular weight is 129 g/mol. The number of nitriles is 1. The van der Waals surface area contributed by atoms with Crippen LogP contribution in [0.3, 0.4) is 0 Å². The molecule has 0 saturated carbocycles. The second-order valence-corrected chi connectivity index (χ2v) is 1.77. The monoisotopic (exact) mass is 129 g/mol. The summed E-state index contributed by atoms with van der Waals surface area (Å²) in [7, 11) is 0. The fraction of sp³-hybridized carbons (Fsp3) is 0.833. The Morgan fingerprint density at radius 1 is 1.78 bits per heavy atom. The molecule has 0 aliphatic heterocycles. The summed E-state index contributed by atoms with van der Waals surface area (Å²) in [5, 5.41) is 16.5. The van der Waals surface area contributed by atoms with Crippen molar-refractivity contribution in [3.8, 4) is 6.07 Å². The van der Waals surface area contributed by atoms with Crippen molar-refractivity contribution < 1.29 is 9.84 Å². The zero-order valence-electron chi connectivity index (χ0n) is 5.50. The van der Waals surface area contributed by atoms with E-state index in [4.69, 9.17) is 15.1 Å². The summed E-state index contributed by atoms with van der Waals surface area (Å²) in [6, 6.07) is 1.94. The van der Waals surface area contributed by atoms with Crippen LogP contribution in [0.5, 0.6) is 0 Å². The second kappa shape index (κ2) is 5.54. The fourth-order valence-corrected chi connectivity index (χ4v) is 0.358. The summed E-state index contributed by atoms with van der Waals surface area (Å²) in [4.78, 5) is 0. The third kappa shape index (κ3) is 5.28. The summed E-state index contributed by atoms with van der Waals surface area (Å²) in [5.41, 5.74) is 0. The van der Waals surface area contributed by atoms with Gasteiger partial charge in [0, 0.05) is 0 Å². The van der Waals surface area contributed by atoms with Gasteiger partial charge in [0.05, 0.1) is 31.8 Å². The van der Waals surface area contributed by atoms with Gasteiger partial charge in [-0.05, 0) is 6.92 Å². The van der Waals surface area contributed by atoms with E-state index < -0.39 is 0 Å². The molecular formula is C6H11NO2. The predicted molar refractivity (Wildman–Crippen MR) is 32.7 cm³/mol. The Hall–Kier alpha value is -0.590. The number of hydrogen-bond acceptors (Lipinski definition) is 3. The molecule has 0 aliphatic rings. The summed E-state index contributed by atoms with van der Waals surface area (Å²) in [5.74, 6) is 0. The molecule has 3 heteroatoms. The molecule has 9 heavy (non-hydrogen) atoms. The van der Waals surface area contributed by atoms with E-state index >= 15 is 0 Å². The SMILES string of the molecule is CC(CO)OCCC#N. The van der Waals surface area contributed by atoms with Crippen LogP contribution in [0.15, 0.2) is 0 Å². The lowest BCUT2D eigenvalue weighted by atomic mass is 10.4. The number of ether oxygens (including phenoxy) is 1. The van der Waals surface area contributed by atoms with Gasteiger partial charge in [0.25, 0.3) is 0 Å². The largest absolute Gasteiger partial charge is 0.394 e. The van der Waals surface area contributed by atoms with Crippen molar-refractivity contribution in [1.29, 1.82) is 5.26 Å². The normalized spacial score (nSPS) is 12.6. The molecule has 0 rings (SSSR count). The minimum Gasteiger partial charge on any atom is -0.394 e. The molecular weight excluding hydrogens is 118 g/mol. The van der Waals surface area contributed by atoms with Gasteiger partial charge in [-0.3, -0.25) is 0 Å². The third-order valence-electron chi connectivity index (χ3n) is 0.873. The molecule has 1 atom stereocenters. The minimum absolute atomic E-state index is 0.0193. The molecule has 0 radical (unpaired) electrons. The zero-order chi connectivity index (χ0) is 7.11. The van der Waals surface area contributed by atoms with Crippen LogP contribution in [0.25, 0.3) is 0 Å². The molecule has 1 N–H and O–H groups in total. The molecule has 0 spiro atoms. The summed E-state index contributed by atoms with van der Waals surface area (Å²) >= 11 is 0. The highest BCUT2D eigenvalue weighted by Gasteiger charge is 1.96. The Bertz CT molecular complexity index is 97.7. The van der Waals surface area contributed by atoms with Gasteiger partial charge in [-0.15, -0.1) is 0 Å². The predicted octanol–water partition coefficient (Wildman–Crippen LogP) is 0.297. The van der Waals surface area contributed by atoms with Crippen molar-refractivity contribution in [2.75, 3.05) is 13.2 Å². The van der Waals surface area contributed by atoms with E-state index in [-0.39, 0.29) is 12.7 Å². The Morgan fingerprint density at radius 2 is 2.44 bits per heavy atom. The molecule has 0 heterocycles. The standard InChI is InChI=1S/C6H11NO2/c1-6(5-8)9-4-2-3-7/h6,8H,2,4-5H2,1H3. The second-order valence-electron chi connectivity index (χ2n) is 1.77. The molecule has 52 valence electrons. The Morgan fingerprint density at radius 3 is 2.89 bits per heavy atom. The lowest BCUT2D eigenvalue weighted by Crippen LogP contribution is -2.13. The maximum absolute atomic E-state index is 8.43. The first-order valence-corrected chi connectivity index (χ1v) is 2.90. The van der Waals surface area contributed by atoms with Gasteiger partial charge in [0.15, 0.2) is 0 Å². The van der Waals surface area contributed by atoms with E-state index in [0.29, 0.717) is 13.0 Å². The summed E-state index contributed by atoms with van der Waals surface area (Å²) in [6.07, 6.45) is 0.253. The minimum atomic E-state index is -0.140. The quantitative estimate of drug-likeness (QED) is 0.555.